The number of piperazine rings is 1. The summed E-state index contributed by atoms with van der Waals surface area (Å²) >= 11 is 12.8. The molecule has 1 aromatic carbocycles. The van der Waals surface area contributed by atoms with Gasteiger partial charge >= 0.3 is 0 Å². The highest BCUT2D eigenvalue weighted by molar-refractivity contribution is 8.26. The number of fused-ring (bicyclic) bond motifs is 1. The van der Waals surface area contributed by atoms with Crippen molar-refractivity contribution >= 4 is 69.0 Å². The normalized spacial score (nSPS) is 17.8. The number of hydrogen-bond donors (Lipinski definition) is 0. The van der Waals surface area contributed by atoms with E-state index in [0.29, 0.717) is 50.9 Å². The van der Waals surface area contributed by atoms with Crippen LogP contribution in [0.5, 0.6) is 0 Å². The Hall–Kier alpha value is -2.88. The van der Waals surface area contributed by atoms with Crippen LogP contribution in [0.3, 0.4) is 0 Å². The smallest absolute Gasteiger partial charge is 0.267 e. The van der Waals surface area contributed by atoms with E-state index >= 15 is 0 Å². The molecular weight excluding hydrogens is 502 g/mol. The van der Waals surface area contributed by atoms with Crippen LogP contribution in [0.1, 0.15) is 18.1 Å². The van der Waals surface area contributed by atoms with E-state index in [4.69, 9.17) is 28.8 Å². The van der Waals surface area contributed by atoms with Crippen LogP contribution in [0.4, 0.5) is 11.5 Å². The highest BCUT2D eigenvalue weighted by atomic mass is 35.5. The Bertz CT molecular complexity index is 1430. The maximum Gasteiger partial charge on any atom is 0.267 e. The number of hydrogen-bond acceptors (Lipinski definition) is 7. The van der Waals surface area contributed by atoms with Crippen molar-refractivity contribution in [3.8, 4) is 0 Å². The standard InChI is InChI=1S/C25H24ClN5O2S2/c1-3-30-24(33)20(35-25(30)34)15-19-22(27-21-16(2)6-5-9-31(21)23(19)32)29-12-10-28(11-13-29)18-8-4-7-17(26)14-18/h4-9,14-15H,3,10-13H2,1-2H3/b20-15-. The molecule has 0 aliphatic carbocycles. The predicted octanol–water partition coefficient (Wildman–Crippen LogP) is 4.20. The Morgan fingerprint density at radius 1 is 1.11 bits per heavy atom. The minimum absolute atomic E-state index is 0.173. The number of thioether (sulfide) groups is 1. The number of halogens is 1. The second kappa shape index (κ2) is 9.64. The molecule has 2 aliphatic heterocycles. The maximum absolute atomic E-state index is 13.7. The summed E-state index contributed by atoms with van der Waals surface area (Å²) in [5, 5.41) is 0.705. The van der Waals surface area contributed by atoms with Gasteiger partial charge in [0.15, 0.2) is 0 Å². The van der Waals surface area contributed by atoms with Gasteiger partial charge in [0.05, 0.1) is 10.5 Å². The first kappa shape index (κ1) is 23.8. The van der Waals surface area contributed by atoms with Crippen molar-refractivity contribution in [2.24, 2.45) is 0 Å². The number of aryl methyl sites for hydroxylation is 1. The molecule has 0 bridgehead atoms. The topological polar surface area (TPSA) is 61.2 Å². The molecule has 1 amide bonds. The zero-order valence-electron chi connectivity index (χ0n) is 19.4. The summed E-state index contributed by atoms with van der Waals surface area (Å²) in [7, 11) is 0. The lowest BCUT2D eigenvalue weighted by Crippen LogP contribution is -2.47. The molecule has 4 heterocycles. The third-order valence-corrected chi connectivity index (χ3v) is 7.89. The molecule has 3 aromatic rings. The number of pyridine rings is 1. The first-order valence-electron chi connectivity index (χ1n) is 11.4. The number of aromatic nitrogens is 2. The number of anilines is 2. The number of benzene rings is 1. The average Bonchev–Trinajstić information content (AvgIpc) is 3.13. The molecule has 0 spiro atoms. The molecule has 2 aliphatic rings. The molecule has 2 aromatic heterocycles. The van der Waals surface area contributed by atoms with Gasteiger partial charge < -0.3 is 9.80 Å². The minimum atomic E-state index is -0.201. The van der Waals surface area contributed by atoms with E-state index < -0.39 is 0 Å². The van der Waals surface area contributed by atoms with Crippen molar-refractivity contribution in [2.75, 3.05) is 42.5 Å². The number of amides is 1. The van der Waals surface area contributed by atoms with Crippen LogP contribution in [-0.2, 0) is 4.79 Å². The molecule has 0 radical (unpaired) electrons. The van der Waals surface area contributed by atoms with E-state index in [1.807, 2.05) is 50.2 Å². The number of thiocarbonyl (C=S) groups is 1. The Morgan fingerprint density at radius 3 is 2.54 bits per heavy atom. The second-order valence-corrected chi connectivity index (χ2v) is 10.5. The summed E-state index contributed by atoms with van der Waals surface area (Å²) in [5.41, 5.74) is 2.80. The van der Waals surface area contributed by atoms with E-state index in [1.54, 1.807) is 21.6 Å². The number of rotatable bonds is 4. The van der Waals surface area contributed by atoms with E-state index in [9.17, 15) is 9.59 Å². The van der Waals surface area contributed by atoms with Crippen LogP contribution >= 0.6 is 35.6 Å². The molecule has 5 rings (SSSR count). The van der Waals surface area contributed by atoms with Gasteiger partial charge in [-0.2, -0.15) is 0 Å². The molecule has 0 N–H and O–H groups in total. The minimum Gasteiger partial charge on any atom is -0.368 e. The van der Waals surface area contributed by atoms with E-state index in [1.165, 1.54) is 11.8 Å². The van der Waals surface area contributed by atoms with Crippen molar-refractivity contribution in [1.29, 1.82) is 0 Å². The van der Waals surface area contributed by atoms with Gasteiger partial charge in [0.25, 0.3) is 11.5 Å². The quantitative estimate of drug-likeness (QED) is 0.373. The Balaban J connectivity index is 1.55. The lowest BCUT2D eigenvalue weighted by Gasteiger charge is -2.37. The average molecular weight is 526 g/mol. The summed E-state index contributed by atoms with van der Waals surface area (Å²) in [6, 6.07) is 11.6. The fraction of sp³-hybridized carbons (Fsp3) is 0.280. The van der Waals surface area contributed by atoms with Crippen LogP contribution in [-0.4, -0.2) is 57.2 Å². The summed E-state index contributed by atoms with van der Waals surface area (Å²) in [6.07, 6.45) is 3.38. The molecule has 0 saturated carbocycles. The van der Waals surface area contributed by atoms with E-state index in [0.717, 1.165) is 24.3 Å². The Morgan fingerprint density at radius 2 is 1.86 bits per heavy atom. The largest absolute Gasteiger partial charge is 0.368 e. The van der Waals surface area contributed by atoms with Crippen LogP contribution in [0.15, 0.2) is 52.3 Å². The molecule has 0 unspecified atom stereocenters. The SMILES string of the molecule is CCN1C(=O)/C(=C/c2c(N3CCN(c4cccc(Cl)c4)CC3)nc3c(C)cccn3c2=O)SC1=S. The number of carbonyl (C=O) groups is 1. The first-order chi connectivity index (χ1) is 16.9. The second-order valence-electron chi connectivity index (χ2n) is 8.42. The van der Waals surface area contributed by atoms with Gasteiger partial charge in [-0.25, -0.2) is 4.98 Å². The van der Waals surface area contributed by atoms with Crippen molar-refractivity contribution in [2.45, 2.75) is 13.8 Å². The van der Waals surface area contributed by atoms with Crippen LogP contribution in [0.25, 0.3) is 11.7 Å². The molecule has 180 valence electrons. The highest BCUT2D eigenvalue weighted by Gasteiger charge is 2.32. The van der Waals surface area contributed by atoms with Gasteiger partial charge in [0.1, 0.15) is 15.8 Å². The predicted molar refractivity (Wildman–Crippen MR) is 148 cm³/mol. The summed E-state index contributed by atoms with van der Waals surface area (Å²) < 4.78 is 2.05. The maximum atomic E-state index is 13.7. The zero-order chi connectivity index (χ0) is 24.7. The summed E-state index contributed by atoms with van der Waals surface area (Å²) in [4.78, 5) is 37.9. The van der Waals surface area contributed by atoms with Gasteiger partial charge in [-0.1, -0.05) is 47.7 Å². The lowest BCUT2D eigenvalue weighted by molar-refractivity contribution is -0.121. The lowest BCUT2D eigenvalue weighted by atomic mass is 10.2. The van der Waals surface area contributed by atoms with Gasteiger partial charge in [-0.05, 0) is 49.8 Å². The van der Waals surface area contributed by atoms with Crippen molar-refractivity contribution in [3.63, 3.8) is 0 Å². The van der Waals surface area contributed by atoms with Gasteiger partial charge in [0, 0.05) is 49.6 Å². The van der Waals surface area contributed by atoms with Gasteiger partial charge in [0.2, 0.25) is 0 Å². The molecule has 2 fully saturated rings. The number of carbonyl (C=O) groups excluding carboxylic acids is 1. The molecule has 10 heteroatoms. The number of nitrogens with zero attached hydrogens (tertiary/aromatic N) is 5. The van der Waals surface area contributed by atoms with Gasteiger partial charge in [-0.15, -0.1) is 0 Å². The van der Waals surface area contributed by atoms with Gasteiger partial charge in [-0.3, -0.25) is 18.9 Å². The summed E-state index contributed by atoms with van der Waals surface area (Å²) in [5.74, 6) is 0.421. The van der Waals surface area contributed by atoms with Crippen LogP contribution in [0, 0.1) is 6.92 Å². The molecule has 35 heavy (non-hydrogen) atoms. The fourth-order valence-corrected chi connectivity index (χ4v) is 5.97. The summed E-state index contributed by atoms with van der Waals surface area (Å²) in [6.45, 7) is 7.19. The van der Waals surface area contributed by atoms with Crippen molar-refractivity contribution in [1.82, 2.24) is 14.3 Å². The van der Waals surface area contributed by atoms with E-state index in [2.05, 4.69) is 9.80 Å². The van der Waals surface area contributed by atoms with E-state index in [-0.39, 0.29) is 11.5 Å². The van der Waals surface area contributed by atoms with Crippen molar-refractivity contribution < 1.29 is 4.79 Å². The first-order valence-corrected chi connectivity index (χ1v) is 13.0. The monoisotopic (exact) mass is 525 g/mol. The molecule has 7 nitrogen and oxygen atoms in total. The highest BCUT2D eigenvalue weighted by Crippen LogP contribution is 2.33. The third kappa shape index (κ3) is 4.44. The van der Waals surface area contributed by atoms with Crippen LogP contribution in [0.2, 0.25) is 5.02 Å². The Labute approximate surface area is 218 Å². The molecule has 2 saturated heterocycles. The zero-order valence-corrected chi connectivity index (χ0v) is 21.8. The molecular formula is C25H24ClN5O2S2. The molecule has 0 atom stereocenters. The fourth-order valence-electron chi connectivity index (χ4n) is 4.42. The number of likely N-dealkylation sites (N-methyl/N-ethyl adjacent to an activating group) is 1. The third-order valence-electron chi connectivity index (χ3n) is 6.28. The Kier molecular flexibility index (Phi) is 6.57. The van der Waals surface area contributed by atoms with Crippen LogP contribution < -0.4 is 15.4 Å². The van der Waals surface area contributed by atoms with Crippen molar-refractivity contribution in [3.05, 3.63) is 74.0 Å².